The van der Waals surface area contributed by atoms with Crippen LogP contribution in [-0.4, -0.2) is 139 Å². The number of urea groups is 1. The zero-order chi connectivity index (χ0) is 58.8. The van der Waals surface area contributed by atoms with E-state index in [2.05, 4.69) is 71.5 Å². The van der Waals surface area contributed by atoms with Crippen molar-refractivity contribution in [3.05, 3.63) is 65.8 Å². The number of nitrogens with one attached hydrogen (secondary N) is 8. The number of rotatable bonds is 31. The van der Waals surface area contributed by atoms with Crippen LogP contribution in [0.4, 0.5) is 15.3 Å². The predicted molar refractivity (Wildman–Crippen MR) is 301 cm³/mol. The monoisotopic (exact) mass is 1190 g/mol. The maximum Gasteiger partial charge on any atom is 0.408 e. The lowest BCUT2D eigenvalue weighted by atomic mass is 9.88. The van der Waals surface area contributed by atoms with Crippen LogP contribution in [0.15, 0.2) is 60.2 Å². The summed E-state index contributed by atoms with van der Waals surface area (Å²) in [7, 11) is 0. The highest BCUT2D eigenvalue weighted by atomic mass is 79.9. The van der Waals surface area contributed by atoms with Crippen LogP contribution >= 0.6 is 15.9 Å². The van der Waals surface area contributed by atoms with Gasteiger partial charge in [0.2, 0.25) is 35.4 Å². The molecule has 1 spiro atoms. The molecule has 24 heteroatoms. The molecule has 80 heavy (non-hydrogen) atoms. The number of halogens is 1. The molecule has 23 nitrogen and oxygen atoms in total. The highest BCUT2D eigenvalue weighted by molar-refractivity contribution is 9.09. The van der Waals surface area contributed by atoms with Gasteiger partial charge in [-0.2, -0.15) is 0 Å². The number of nitrogens with two attached hydrogens (primary N) is 1. The summed E-state index contributed by atoms with van der Waals surface area (Å²) in [4.78, 5) is 112. The lowest BCUT2D eigenvalue weighted by Gasteiger charge is -2.39. The van der Waals surface area contributed by atoms with Gasteiger partial charge in [-0.3, -0.25) is 33.6 Å². The van der Waals surface area contributed by atoms with E-state index in [0.29, 0.717) is 69.3 Å². The van der Waals surface area contributed by atoms with Gasteiger partial charge in [0.25, 0.3) is 0 Å². The minimum atomic E-state index is -1.04. The highest BCUT2D eigenvalue weighted by Crippen LogP contribution is 2.43. The fourth-order valence-electron chi connectivity index (χ4n) is 9.18. The third-order valence-electron chi connectivity index (χ3n) is 13.7. The van der Waals surface area contributed by atoms with E-state index in [1.807, 2.05) is 26.0 Å². The molecule has 0 saturated carbocycles. The first-order chi connectivity index (χ1) is 38.0. The zero-order valence-electron chi connectivity index (χ0n) is 47.2. The summed E-state index contributed by atoms with van der Waals surface area (Å²) >= 11 is 3.09. The van der Waals surface area contributed by atoms with E-state index in [-0.39, 0.29) is 110 Å². The minimum absolute atomic E-state index is 0.0343. The van der Waals surface area contributed by atoms with Crippen molar-refractivity contribution >= 4 is 75.2 Å². The normalized spacial score (nSPS) is 22.8. The van der Waals surface area contributed by atoms with Gasteiger partial charge >= 0.3 is 18.1 Å². The van der Waals surface area contributed by atoms with Crippen LogP contribution in [0.1, 0.15) is 125 Å². The van der Waals surface area contributed by atoms with E-state index in [1.54, 1.807) is 45.0 Å². The predicted octanol–water partition coefficient (Wildman–Crippen LogP) is 4.48. The van der Waals surface area contributed by atoms with Gasteiger partial charge < -0.3 is 72.0 Å². The van der Waals surface area contributed by atoms with Gasteiger partial charge in [-0.15, -0.1) is 0 Å². The highest BCUT2D eigenvalue weighted by Gasteiger charge is 2.51. The van der Waals surface area contributed by atoms with Crippen LogP contribution in [0.25, 0.3) is 0 Å². The van der Waals surface area contributed by atoms with Crippen LogP contribution in [0.3, 0.4) is 0 Å². The quantitative estimate of drug-likeness (QED) is 0.00943. The number of carbonyl (C=O) groups excluding carboxylic acids is 9. The molecule has 9 amide bonds. The van der Waals surface area contributed by atoms with Gasteiger partial charge in [-0.25, -0.2) is 9.59 Å². The van der Waals surface area contributed by atoms with Crippen molar-refractivity contribution in [2.75, 3.05) is 37.0 Å². The third-order valence-corrected chi connectivity index (χ3v) is 14.2. The molecule has 10 N–H and O–H groups in total. The number of hydrogen-bond acceptors (Lipinski definition) is 14. The van der Waals surface area contributed by atoms with Gasteiger partial charge in [-0.05, 0) is 94.9 Å². The lowest BCUT2D eigenvalue weighted by Crippen LogP contribution is -2.54. The lowest BCUT2D eigenvalue weighted by molar-refractivity contribution is -0.143. The molecule has 1 aromatic rings. The number of unbranched alkanes of at least 4 members (excludes halogenated alkanes) is 2. The number of benzene rings is 1. The number of epoxide rings is 1. The molecular weight excluding hydrogens is 1100 g/mol. The molecular formula is C56H84BrN9O14. The fourth-order valence-corrected chi connectivity index (χ4v) is 9.37. The standard InChI is InChI=1S/C56H84BrN9O14/c1-34(2)51(66-47(68)13-9-8-10-24-59-50(71)30-57)53(73)65-44(12-11-25-60-54(58)74)52(72)63-41-19-17-40(18-20-41)31-76-55(75)62-33-61-49(70)27-43-29-56(32-77-56)28-42(80-43)21-14-35(3)15-22-46-36(4)26-45(38(6)79-46)64-48(69)23-16-37(5)78-39(7)67/h14-21,23,34,36-38,42-46,51H,8-13,22,24-33H2,1-7H3,(H,59,71)(H,61,70)(H,62,75)(H,63,72)(H,64,69)(H,65,73)(H,66,68)(H3,58,60,74)/b21-14+,23-16-,35-15+/t36-,37?,38+,42+,43+,44-,45+,46-,51-,56+/m0/s1. The summed E-state index contributed by atoms with van der Waals surface area (Å²) in [6, 6.07) is 3.64. The van der Waals surface area contributed by atoms with E-state index in [0.717, 1.165) is 12.0 Å². The van der Waals surface area contributed by atoms with Crippen molar-refractivity contribution in [3.63, 3.8) is 0 Å². The number of carbonyl (C=O) groups is 9. The number of alkyl carbamates (subject to hydrolysis) is 1. The van der Waals surface area contributed by atoms with Crippen molar-refractivity contribution in [3.8, 4) is 0 Å². The van der Waals surface area contributed by atoms with Gasteiger partial charge in [-0.1, -0.05) is 79.1 Å². The summed E-state index contributed by atoms with van der Waals surface area (Å²) in [6.07, 6.45) is 12.1. The Morgan fingerprint density at radius 1 is 0.838 bits per heavy atom. The Morgan fingerprint density at radius 2 is 1.56 bits per heavy atom. The number of primary amides is 1. The van der Waals surface area contributed by atoms with E-state index >= 15 is 0 Å². The Labute approximate surface area is 477 Å². The average molecular weight is 1190 g/mol. The maximum atomic E-state index is 13.6. The second-order valence-electron chi connectivity index (χ2n) is 21.1. The molecule has 0 aromatic heterocycles. The Morgan fingerprint density at radius 3 is 2.24 bits per heavy atom. The number of esters is 1. The fraction of sp³-hybridized carbons (Fsp3) is 0.625. The number of hydrogen-bond donors (Lipinski definition) is 9. The SMILES string of the molecule is CC(=O)OC(C)/C=C\C(=O)N[C@@H]1C[C@H](C)[C@H](C/C=C(C)/C=C/[C@@H]2C[C@]3(CO3)C[C@@H](CC(=O)NCNC(=O)OCc3ccc(NC(=O)[C@H](CCCNC(N)=O)NC(=O)[C@@H](NC(=O)CCCCCNC(=O)CBr)C(C)C)cc3)O2)O[C@@H]1C. The molecule has 1 aromatic carbocycles. The van der Waals surface area contributed by atoms with Crippen LogP contribution in [-0.2, 0) is 63.9 Å². The summed E-state index contributed by atoms with van der Waals surface area (Å²) in [5, 5.41) is 22.0. The van der Waals surface area contributed by atoms with Crippen LogP contribution in [0, 0.1) is 11.8 Å². The van der Waals surface area contributed by atoms with Gasteiger partial charge in [0.05, 0.1) is 61.1 Å². The molecule has 3 aliphatic rings. The number of amides is 9. The van der Waals surface area contributed by atoms with Crippen LogP contribution in [0.2, 0.25) is 0 Å². The van der Waals surface area contributed by atoms with E-state index < -0.39 is 54.2 Å². The summed E-state index contributed by atoms with van der Waals surface area (Å²) in [5.41, 5.74) is 6.88. The summed E-state index contributed by atoms with van der Waals surface area (Å²) in [6.45, 7) is 13.6. The first-order valence-electron chi connectivity index (χ1n) is 27.5. The summed E-state index contributed by atoms with van der Waals surface area (Å²) in [5.74, 6) is -2.66. The first-order valence-corrected chi connectivity index (χ1v) is 28.6. The second kappa shape index (κ2) is 34.0. The van der Waals surface area contributed by atoms with Crippen molar-refractivity contribution in [2.45, 2.75) is 180 Å². The topological polar surface area (TPSA) is 325 Å². The van der Waals surface area contributed by atoms with Crippen LogP contribution < -0.4 is 48.3 Å². The van der Waals surface area contributed by atoms with E-state index in [9.17, 15) is 43.2 Å². The molecule has 444 valence electrons. The smallest absolute Gasteiger partial charge is 0.408 e. The largest absolute Gasteiger partial charge is 0.459 e. The molecule has 0 radical (unpaired) electrons. The van der Waals surface area contributed by atoms with E-state index in [1.165, 1.54) is 19.1 Å². The maximum absolute atomic E-state index is 13.6. The first kappa shape index (κ1) is 66.1. The van der Waals surface area contributed by atoms with Crippen LogP contribution in [0.5, 0.6) is 0 Å². The van der Waals surface area contributed by atoms with Crippen molar-refractivity contribution in [1.82, 2.24) is 37.2 Å². The van der Waals surface area contributed by atoms with Gasteiger partial charge in [0.1, 0.15) is 24.8 Å². The molecule has 0 bridgehead atoms. The number of allylic oxidation sites excluding steroid dienone is 2. The minimum Gasteiger partial charge on any atom is -0.459 e. The number of ether oxygens (including phenoxy) is 5. The van der Waals surface area contributed by atoms with Gasteiger partial charge in [0, 0.05) is 51.0 Å². The molecule has 3 saturated heterocycles. The molecule has 0 aliphatic carbocycles. The Balaban J connectivity index is 1.17. The van der Waals surface area contributed by atoms with Gasteiger partial charge in [0.15, 0.2) is 0 Å². The molecule has 3 heterocycles. The number of anilines is 1. The second-order valence-corrected chi connectivity index (χ2v) is 21.7. The molecule has 3 aliphatic heterocycles. The summed E-state index contributed by atoms with van der Waals surface area (Å²) < 4.78 is 28.9. The zero-order valence-corrected chi connectivity index (χ0v) is 48.7. The molecule has 10 atom stereocenters. The van der Waals surface area contributed by atoms with E-state index in [4.69, 9.17) is 29.4 Å². The van der Waals surface area contributed by atoms with Crippen molar-refractivity contribution in [1.29, 1.82) is 0 Å². The van der Waals surface area contributed by atoms with Crippen molar-refractivity contribution < 1.29 is 66.8 Å². The molecule has 4 rings (SSSR count). The Hall–Kier alpha value is -6.37. The molecule has 3 fully saturated rings. The third kappa shape index (κ3) is 25.4. The average Bonchev–Trinajstić information content (AvgIpc) is 4.14. The Bertz CT molecular complexity index is 2350. The van der Waals surface area contributed by atoms with Crippen molar-refractivity contribution in [2.24, 2.45) is 17.6 Å². The Kier molecular flexibility index (Phi) is 28.1. The molecule has 1 unspecified atom stereocenters. The number of alkyl halides is 1.